The zero-order chi connectivity index (χ0) is 21.0. The van der Waals surface area contributed by atoms with Gasteiger partial charge < -0.3 is 14.2 Å². The number of halogens is 2. The number of amides is 1. The summed E-state index contributed by atoms with van der Waals surface area (Å²) in [4.78, 5) is 17.9. The van der Waals surface area contributed by atoms with Crippen LogP contribution in [-0.4, -0.2) is 32.2 Å². The quantitative estimate of drug-likeness (QED) is 0.525. The molecular formula is C20H18Cl2N2O4S. The summed E-state index contributed by atoms with van der Waals surface area (Å²) < 4.78 is 15.9. The zero-order valence-electron chi connectivity index (χ0n) is 15.9. The second-order valence-electron chi connectivity index (χ2n) is 5.91. The van der Waals surface area contributed by atoms with Crippen LogP contribution in [-0.2, 0) is 6.42 Å². The molecule has 6 nitrogen and oxygen atoms in total. The van der Waals surface area contributed by atoms with E-state index in [1.165, 1.54) is 32.7 Å². The van der Waals surface area contributed by atoms with E-state index in [1.807, 2.05) is 6.07 Å². The number of nitrogens with one attached hydrogen (secondary N) is 1. The predicted octanol–water partition coefficient (Wildman–Crippen LogP) is 5.32. The number of benzene rings is 2. The van der Waals surface area contributed by atoms with E-state index < -0.39 is 0 Å². The molecule has 29 heavy (non-hydrogen) atoms. The van der Waals surface area contributed by atoms with Gasteiger partial charge in [0.05, 0.1) is 21.3 Å². The van der Waals surface area contributed by atoms with E-state index in [-0.39, 0.29) is 5.91 Å². The van der Waals surface area contributed by atoms with Crippen molar-refractivity contribution >= 4 is 45.6 Å². The first-order chi connectivity index (χ1) is 13.9. The molecule has 0 bridgehead atoms. The Bertz CT molecular complexity index is 1010. The number of carbonyl (C=O) groups is 1. The number of hydrogen-bond donors (Lipinski definition) is 1. The Morgan fingerprint density at radius 1 is 1.07 bits per heavy atom. The fraction of sp³-hybridized carbons (Fsp3) is 0.200. The third-order valence-corrected chi connectivity index (χ3v) is 5.59. The Labute approximate surface area is 182 Å². The van der Waals surface area contributed by atoms with Gasteiger partial charge in [-0.25, -0.2) is 4.98 Å². The van der Waals surface area contributed by atoms with E-state index in [0.29, 0.717) is 44.4 Å². The van der Waals surface area contributed by atoms with Crippen molar-refractivity contribution in [2.45, 2.75) is 6.42 Å². The normalized spacial score (nSPS) is 10.5. The Morgan fingerprint density at radius 2 is 1.76 bits per heavy atom. The molecule has 9 heteroatoms. The van der Waals surface area contributed by atoms with Crippen LogP contribution in [0.3, 0.4) is 0 Å². The summed E-state index contributed by atoms with van der Waals surface area (Å²) in [5, 5.41) is 4.50. The fourth-order valence-electron chi connectivity index (χ4n) is 2.69. The monoisotopic (exact) mass is 452 g/mol. The molecule has 0 spiro atoms. The summed E-state index contributed by atoms with van der Waals surface area (Å²) >= 11 is 13.6. The van der Waals surface area contributed by atoms with Crippen molar-refractivity contribution in [1.29, 1.82) is 0 Å². The lowest BCUT2D eigenvalue weighted by Gasteiger charge is -2.13. The Balaban J connectivity index is 1.77. The van der Waals surface area contributed by atoms with Crippen LogP contribution in [0.15, 0.2) is 36.5 Å². The maximum absolute atomic E-state index is 12.7. The lowest BCUT2D eigenvalue weighted by atomic mass is 10.1. The first-order valence-corrected chi connectivity index (χ1v) is 10.0. The van der Waals surface area contributed by atoms with Crippen molar-refractivity contribution < 1.29 is 19.0 Å². The smallest absolute Gasteiger partial charge is 0.257 e. The number of thiazole rings is 1. The van der Waals surface area contributed by atoms with Gasteiger partial charge in [0.1, 0.15) is 0 Å². The molecule has 0 aliphatic rings. The van der Waals surface area contributed by atoms with Gasteiger partial charge in [0.25, 0.3) is 5.91 Å². The number of aromatic nitrogens is 1. The van der Waals surface area contributed by atoms with E-state index in [9.17, 15) is 4.79 Å². The highest BCUT2D eigenvalue weighted by Gasteiger charge is 2.18. The van der Waals surface area contributed by atoms with Gasteiger partial charge in [0.15, 0.2) is 16.6 Å². The molecule has 0 unspecified atom stereocenters. The topological polar surface area (TPSA) is 69.7 Å². The minimum absolute atomic E-state index is 0.342. The predicted molar refractivity (Wildman–Crippen MR) is 115 cm³/mol. The maximum Gasteiger partial charge on any atom is 0.257 e. The fourth-order valence-corrected chi connectivity index (χ4v) is 3.90. The lowest BCUT2D eigenvalue weighted by molar-refractivity contribution is 0.102. The molecule has 0 aliphatic heterocycles. The summed E-state index contributed by atoms with van der Waals surface area (Å²) in [5.41, 5.74) is 1.25. The average Bonchev–Trinajstić information content (AvgIpc) is 3.16. The minimum atomic E-state index is -0.342. The number of anilines is 1. The Morgan fingerprint density at radius 3 is 2.38 bits per heavy atom. The molecule has 152 valence electrons. The van der Waals surface area contributed by atoms with Gasteiger partial charge in [-0.15, -0.1) is 11.3 Å². The summed E-state index contributed by atoms with van der Waals surface area (Å²) in [6, 6.07) is 8.47. The molecule has 3 aromatic rings. The Hall–Kier alpha value is -2.48. The highest BCUT2D eigenvalue weighted by molar-refractivity contribution is 7.15. The zero-order valence-corrected chi connectivity index (χ0v) is 18.2. The van der Waals surface area contributed by atoms with Gasteiger partial charge in [0, 0.05) is 33.1 Å². The van der Waals surface area contributed by atoms with E-state index in [4.69, 9.17) is 37.4 Å². The van der Waals surface area contributed by atoms with Crippen LogP contribution in [0.4, 0.5) is 5.13 Å². The van der Waals surface area contributed by atoms with Crippen molar-refractivity contribution in [3.8, 4) is 17.2 Å². The van der Waals surface area contributed by atoms with E-state index >= 15 is 0 Å². The van der Waals surface area contributed by atoms with Crippen LogP contribution in [0.2, 0.25) is 10.0 Å². The standard InChI is InChI=1S/C20H18Cl2N2O4S/c1-26-16-8-12(9-17(27-2)18(16)28-3)19(25)24-20-23-10-14(29-20)7-11-6-13(21)4-5-15(11)22/h4-6,8-10H,7H2,1-3H3,(H,23,24,25). The molecular weight excluding hydrogens is 435 g/mol. The number of nitrogens with zero attached hydrogens (tertiary/aromatic N) is 1. The molecule has 0 atom stereocenters. The molecule has 1 heterocycles. The first kappa shape index (κ1) is 21.2. The van der Waals surface area contributed by atoms with Crippen LogP contribution in [0.5, 0.6) is 17.2 Å². The second-order valence-corrected chi connectivity index (χ2v) is 7.87. The van der Waals surface area contributed by atoms with Crippen molar-refractivity contribution in [2.75, 3.05) is 26.6 Å². The molecule has 3 rings (SSSR count). The van der Waals surface area contributed by atoms with Gasteiger partial charge in [-0.1, -0.05) is 23.2 Å². The number of rotatable bonds is 7. The maximum atomic E-state index is 12.7. The molecule has 0 aliphatic carbocycles. The summed E-state index contributed by atoms with van der Waals surface area (Å²) in [6.07, 6.45) is 2.27. The number of hydrogen-bond acceptors (Lipinski definition) is 6. The van der Waals surface area contributed by atoms with Crippen LogP contribution in [0.1, 0.15) is 20.8 Å². The third-order valence-electron chi connectivity index (χ3n) is 4.07. The number of methoxy groups -OCH3 is 3. The summed E-state index contributed by atoms with van der Waals surface area (Å²) in [7, 11) is 4.49. The van der Waals surface area contributed by atoms with Crippen LogP contribution < -0.4 is 19.5 Å². The lowest BCUT2D eigenvalue weighted by Crippen LogP contribution is -2.12. The average molecular weight is 453 g/mol. The molecule has 0 saturated carbocycles. The number of carbonyl (C=O) groups excluding carboxylic acids is 1. The Kier molecular flexibility index (Phi) is 6.84. The van der Waals surface area contributed by atoms with Crippen LogP contribution in [0.25, 0.3) is 0 Å². The summed E-state index contributed by atoms with van der Waals surface area (Å²) in [6.45, 7) is 0. The van der Waals surface area contributed by atoms with Crippen molar-refractivity contribution in [3.63, 3.8) is 0 Å². The number of ether oxygens (including phenoxy) is 3. The van der Waals surface area contributed by atoms with Crippen LogP contribution >= 0.6 is 34.5 Å². The van der Waals surface area contributed by atoms with E-state index in [0.717, 1.165) is 10.4 Å². The minimum Gasteiger partial charge on any atom is -0.493 e. The molecule has 2 aromatic carbocycles. The first-order valence-electron chi connectivity index (χ1n) is 8.45. The van der Waals surface area contributed by atoms with Crippen molar-refractivity contribution in [3.05, 3.63) is 62.6 Å². The highest BCUT2D eigenvalue weighted by atomic mass is 35.5. The van der Waals surface area contributed by atoms with Crippen molar-refractivity contribution in [1.82, 2.24) is 4.98 Å². The van der Waals surface area contributed by atoms with Crippen LogP contribution in [0, 0.1) is 0 Å². The molecule has 1 N–H and O–H groups in total. The van der Waals surface area contributed by atoms with Gasteiger partial charge in [-0.2, -0.15) is 0 Å². The molecule has 1 aromatic heterocycles. The van der Waals surface area contributed by atoms with E-state index in [1.54, 1.807) is 30.5 Å². The molecule has 0 fully saturated rings. The van der Waals surface area contributed by atoms with Crippen molar-refractivity contribution in [2.24, 2.45) is 0 Å². The van der Waals surface area contributed by atoms with Gasteiger partial charge >= 0.3 is 0 Å². The SMILES string of the molecule is COc1cc(C(=O)Nc2ncc(Cc3cc(Cl)ccc3Cl)s2)cc(OC)c1OC. The molecule has 1 amide bonds. The van der Waals surface area contributed by atoms with Gasteiger partial charge in [0.2, 0.25) is 5.75 Å². The largest absolute Gasteiger partial charge is 0.493 e. The second kappa shape index (κ2) is 9.35. The molecule has 0 saturated heterocycles. The van der Waals surface area contributed by atoms with Gasteiger partial charge in [-0.3, -0.25) is 10.1 Å². The van der Waals surface area contributed by atoms with E-state index in [2.05, 4.69) is 10.3 Å². The van der Waals surface area contributed by atoms with Gasteiger partial charge in [-0.05, 0) is 35.9 Å². The molecule has 0 radical (unpaired) electrons. The summed E-state index contributed by atoms with van der Waals surface area (Å²) in [5.74, 6) is 0.868. The highest BCUT2D eigenvalue weighted by Crippen LogP contribution is 2.38. The third kappa shape index (κ3) is 4.93.